The third kappa shape index (κ3) is 6.12. The minimum Gasteiger partial charge on any atom is -0.466 e. The number of ether oxygens (including phenoxy) is 2. The molecule has 4 nitrogen and oxygen atoms in total. The van der Waals surface area contributed by atoms with E-state index in [1.165, 1.54) is 18.2 Å². The summed E-state index contributed by atoms with van der Waals surface area (Å²) in [7, 11) is 0. The first-order valence-electron chi connectivity index (χ1n) is 5.59. The highest BCUT2D eigenvalue weighted by atomic mass is 35.5. The molecule has 0 aromatic heterocycles. The smallest absolute Gasteiger partial charge is 0.466 e. The molecule has 0 unspecified atom stereocenters. The van der Waals surface area contributed by atoms with E-state index in [1.54, 1.807) is 6.92 Å². The molecule has 0 heterocycles. The monoisotopic (exact) mass is 313 g/mol. The Morgan fingerprint density at radius 2 is 1.95 bits per heavy atom. The Morgan fingerprint density at radius 1 is 1.35 bits per heavy atom. The highest BCUT2D eigenvalue weighted by molar-refractivity contribution is 5.85. The second-order valence-electron chi connectivity index (χ2n) is 3.70. The molecular formula is C12H15ClF3NO3. The Kier molecular flexibility index (Phi) is 7.38. The minimum atomic E-state index is -4.81. The number of alkyl halides is 3. The van der Waals surface area contributed by atoms with Crippen molar-refractivity contribution in [2.45, 2.75) is 25.7 Å². The standard InChI is InChI=1S/C12H14F3NO3.ClH/c1-2-18-11(17)7-9(16)8-5-3-4-6-10(8)19-12(13,14)15;/h3-6,9H,2,7,16H2,1H3;1H/t9-;/m0./s1. The number of hydrogen-bond donors (Lipinski definition) is 1. The largest absolute Gasteiger partial charge is 0.573 e. The fourth-order valence-electron chi connectivity index (χ4n) is 1.51. The van der Waals surface area contributed by atoms with Crippen LogP contribution in [-0.2, 0) is 9.53 Å². The van der Waals surface area contributed by atoms with Gasteiger partial charge in [0.25, 0.3) is 0 Å². The lowest BCUT2D eigenvalue weighted by Crippen LogP contribution is -2.22. The van der Waals surface area contributed by atoms with Crippen LogP contribution in [0.25, 0.3) is 0 Å². The Hall–Kier alpha value is -1.47. The van der Waals surface area contributed by atoms with Crippen molar-refractivity contribution in [1.82, 2.24) is 0 Å². The van der Waals surface area contributed by atoms with Gasteiger partial charge in [-0.25, -0.2) is 0 Å². The van der Waals surface area contributed by atoms with Crippen molar-refractivity contribution >= 4 is 18.4 Å². The molecule has 0 fully saturated rings. The third-order valence-corrected chi connectivity index (χ3v) is 2.24. The van der Waals surface area contributed by atoms with Crippen LogP contribution < -0.4 is 10.5 Å². The van der Waals surface area contributed by atoms with E-state index in [0.717, 1.165) is 6.07 Å². The van der Waals surface area contributed by atoms with Crippen LogP contribution in [0.1, 0.15) is 24.9 Å². The average molecular weight is 314 g/mol. The molecule has 0 bridgehead atoms. The molecule has 0 spiro atoms. The van der Waals surface area contributed by atoms with Crippen molar-refractivity contribution in [2.75, 3.05) is 6.61 Å². The van der Waals surface area contributed by atoms with E-state index in [1.807, 2.05) is 0 Å². The van der Waals surface area contributed by atoms with Gasteiger partial charge in [0.15, 0.2) is 0 Å². The Balaban J connectivity index is 0.00000361. The molecule has 1 atom stereocenters. The fourth-order valence-corrected chi connectivity index (χ4v) is 1.51. The maximum Gasteiger partial charge on any atom is 0.573 e. The molecule has 20 heavy (non-hydrogen) atoms. The number of carbonyl (C=O) groups is 1. The summed E-state index contributed by atoms with van der Waals surface area (Å²) in [4.78, 5) is 11.3. The maximum absolute atomic E-state index is 12.2. The second kappa shape index (κ2) is 7.96. The molecule has 0 amide bonds. The predicted molar refractivity (Wildman–Crippen MR) is 68.6 cm³/mol. The topological polar surface area (TPSA) is 61.5 Å². The van der Waals surface area contributed by atoms with Gasteiger partial charge in [0, 0.05) is 11.6 Å². The van der Waals surface area contributed by atoms with E-state index in [-0.39, 0.29) is 31.0 Å². The molecule has 8 heteroatoms. The number of halogens is 4. The van der Waals surface area contributed by atoms with E-state index < -0.39 is 24.1 Å². The summed E-state index contributed by atoms with van der Waals surface area (Å²) in [5.74, 6) is -0.983. The lowest BCUT2D eigenvalue weighted by molar-refractivity contribution is -0.274. The van der Waals surface area contributed by atoms with Crippen LogP contribution in [0.3, 0.4) is 0 Å². The molecule has 1 rings (SSSR count). The highest BCUT2D eigenvalue weighted by Crippen LogP contribution is 2.30. The van der Waals surface area contributed by atoms with Crippen LogP contribution in [-0.4, -0.2) is 18.9 Å². The van der Waals surface area contributed by atoms with Gasteiger partial charge in [-0.05, 0) is 13.0 Å². The Morgan fingerprint density at radius 3 is 2.50 bits per heavy atom. The van der Waals surface area contributed by atoms with Gasteiger partial charge in [0.05, 0.1) is 13.0 Å². The van der Waals surface area contributed by atoms with Gasteiger partial charge >= 0.3 is 12.3 Å². The zero-order chi connectivity index (χ0) is 14.5. The van der Waals surface area contributed by atoms with Crippen LogP contribution in [0, 0.1) is 0 Å². The van der Waals surface area contributed by atoms with Gasteiger partial charge in [0.2, 0.25) is 0 Å². The van der Waals surface area contributed by atoms with E-state index in [4.69, 9.17) is 10.5 Å². The van der Waals surface area contributed by atoms with E-state index in [9.17, 15) is 18.0 Å². The van der Waals surface area contributed by atoms with Gasteiger partial charge in [-0.15, -0.1) is 25.6 Å². The molecule has 0 aliphatic heterocycles. The summed E-state index contributed by atoms with van der Waals surface area (Å²) in [6, 6.07) is 4.52. The molecule has 0 saturated carbocycles. The summed E-state index contributed by atoms with van der Waals surface area (Å²) >= 11 is 0. The summed E-state index contributed by atoms with van der Waals surface area (Å²) in [5.41, 5.74) is 5.80. The van der Waals surface area contributed by atoms with Crippen molar-refractivity contribution < 1.29 is 27.4 Å². The number of hydrogen-bond acceptors (Lipinski definition) is 4. The van der Waals surface area contributed by atoms with Crippen molar-refractivity contribution in [3.05, 3.63) is 29.8 Å². The first kappa shape index (κ1) is 18.5. The minimum absolute atomic E-state index is 0. The molecule has 0 aliphatic carbocycles. The quantitative estimate of drug-likeness (QED) is 0.849. The average Bonchev–Trinajstić information content (AvgIpc) is 2.27. The second-order valence-corrected chi connectivity index (χ2v) is 3.70. The van der Waals surface area contributed by atoms with Crippen molar-refractivity contribution in [1.29, 1.82) is 0 Å². The van der Waals surface area contributed by atoms with E-state index >= 15 is 0 Å². The summed E-state index contributed by atoms with van der Waals surface area (Å²) in [6.45, 7) is 1.82. The lowest BCUT2D eigenvalue weighted by atomic mass is 10.0. The van der Waals surface area contributed by atoms with Gasteiger partial charge in [-0.2, -0.15) is 0 Å². The summed E-state index contributed by atoms with van der Waals surface area (Å²) in [6.07, 6.45) is -5.02. The van der Waals surface area contributed by atoms with Crippen LogP contribution in [0.2, 0.25) is 0 Å². The molecule has 0 aliphatic rings. The molecule has 1 aromatic carbocycles. The van der Waals surface area contributed by atoms with Crippen LogP contribution in [0.4, 0.5) is 13.2 Å². The SMILES string of the molecule is CCOC(=O)C[C@H](N)c1ccccc1OC(F)(F)F.Cl. The number of esters is 1. The van der Waals surface area contributed by atoms with Crippen molar-refractivity contribution in [3.63, 3.8) is 0 Å². The summed E-state index contributed by atoms with van der Waals surface area (Å²) < 4.78 is 45.2. The normalized spacial score (nSPS) is 12.2. The molecule has 0 saturated heterocycles. The molecular weight excluding hydrogens is 299 g/mol. The highest BCUT2D eigenvalue weighted by Gasteiger charge is 2.32. The number of rotatable bonds is 5. The van der Waals surface area contributed by atoms with Crippen molar-refractivity contribution in [3.8, 4) is 5.75 Å². The molecule has 2 N–H and O–H groups in total. The fraction of sp³-hybridized carbons (Fsp3) is 0.417. The van der Waals surface area contributed by atoms with E-state index in [2.05, 4.69) is 4.74 Å². The number of para-hydroxylation sites is 1. The summed E-state index contributed by atoms with van der Waals surface area (Å²) in [5, 5.41) is 0. The molecule has 0 radical (unpaired) electrons. The van der Waals surface area contributed by atoms with Crippen LogP contribution in [0.5, 0.6) is 5.75 Å². The third-order valence-electron chi connectivity index (χ3n) is 2.24. The predicted octanol–water partition coefficient (Wildman–Crippen LogP) is 2.96. The van der Waals surface area contributed by atoms with Gasteiger partial charge in [-0.3, -0.25) is 4.79 Å². The Labute approximate surface area is 120 Å². The zero-order valence-electron chi connectivity index (χ0n) is 10.6. The number of nitrogens with two attached hydrogens (primary N) is 1. The number of carbonyl (C=O) groups excluding carboxylic acids is 1. The first-order valence-corrected chi connectivity index (χ1v) is 5.59. The first-order chi connectivity index (χ1) is 8.83. The molecule has 1 aromatic rings. The van der Waals surface area contributed by atoms with Crippen molar-refractivity contribution in [2.24, 2.45) is 5.73 Å². The molecule has 114 valence electrons. The van der Waals surface area contributed by atoms with Gasteiger partial charge in [0.1, 0.15) is 5.75 Å². The number of benzene rings is 1. The maximum atomic E-state index is 12.2. The van der Waals surface area contributed by atoms with Crippen LogP contribution >= 0.6 is 12.4 Å². The van der Waals surface area contributed by atoms with Gasteiger partial charge in [-0.1, -0.05) is 18.2 Å². The van der Waals surface area contributed by atoms with E-state index in [0.29, 0.717) is 0 Å². The van der Waals surface area contributed by atoms with Gasteiger partial charge < -0.3 is 15.2 Å². The van der Waals surface area contributed by atoms with Crippen LogP contribution in [0.15, 0.2) is 24.3 Å². The Bertz CT molecular complexity index is 440. The lowest BCUT2D eigenvalue weighted by Gasteiger charge is -2.17. The zero-order valence-corrected chi connectivity index (χ0v) is 11.5.